The summed E-state index contributed by atoms with van der Waals surface area (Å²) in [5, 5.41) is 3.64. The maximum atomic E-state index is 13.0. The Hall–Kier alpha value is -1.16. The molecule has 0 radical (unpaired) electrons. The molecule has 1 N–H and O–H groups in total. The van der Waals surface area contributed by atoms with Crippen molar-refractivity contribution in [2.45, 2.75) is 129 Å². The van der Waals surface area contributed by atoms with Gasteiger partial charge in [0.1, 0.15) is 0 Å². The van der Waals surface area contributed by atoms with Crippen molar-refractivity contribution in [3.8, 4) is 0 Å². The van der Waals surface area contributed by atoms with Crippen LogP contribution in [0.2, 0.25) is 0 Å². The molecule has 0 aromatic carbocycles. The van der Waals surface area contributed by atoms with Gasteiger partial charge in [-0.25, -0.2) is 0 Å². The molecule has 29 heavy (non-hydrogen) atoms. The average Bonchev–Trinajstić information content (AvgIpc) is 2.87. The van der Waals surface area contributed by atoms with Crippen molar-refractivity contribution in [2.75, 3.05) is 0 Å². The van der Waals surface area contributed by atoms with Gasteiger partial charge in [0, 0.05) is 29.5 Å². The Bertz CT molecular complexity index is 563. The summed E-state index contributed by atoms with van der Waals surface area (Å²) in [5.74, 6) is -0.0188. The molecule has 0 spiro atoms. The molecule has 1 unspecified atom stereocenters. The molecule has 2 saturated heterocycles. The van der Waals surface area contributed by atoms with Gasteiger partial charge in [-0.1, -0.05) is 51.2 Å². The minimum Gasteiger partial charge on any atom is -0.307 e. The van der Waals surface area contributed by atoms with E-state index in [1.807, 2.05) is 0 Å². The number of rotatable bonds is 11. The molecular formula is C25H44N2O2. The lowest BCUT2D eigenvalue weighted by Crippen LogP contribution is -2.62. The fraction of sp³-hybridized carbons (Fsp3) is 0.840. The second-order valence-corrected chi connectivity index (χ2v) is 10.6. The molecule has 166 valence electrons. The van der Waals surface area contributed by atoms with Crippen LogP contribution in [0.4, 0.5) is 0 Å². The third kappa shape index (κ3) is 7.55. The molecule has 2 rings (SSSR count). The summed E-state index contributed by atoms with van der Waals surface area (Å²) in [6.07, 6.45) is 17.3. The summed E-state index contributed by atoms with van der Waals surface area (Å²) in [4.78, 5) is 27.3. The summed E-state index contributed by atoms with van der Waals surface area (Å²) in [7, 11) is 0. The Morgan fingerprint density at radius 3 is 2.17 bits per heavy atom. The summed E-state index contributed by atoms with van der Waals surface area (Å²) in [6.45, 7) is 10.9. The van der Waals surface area contributed by atoms with Crippen molar-refractivity contribution < 1.29 is 9.59 Å². The van der Waals surface area contributed by atoms with Crippen LogP contribution in [0, 0.1) is 5.92 Å². The lowest BCUT2D eigenvalue weighted by atomic mass is 9.79. The maximum Gasteiger partial charge on any atom is 0.233 e. The van der Waals surface area contributed by atoms with Crippen LogP contribution in [0.1, 0.15) is 112 Å². The SMILES string of the molecule is CCCCCCCCC=CCCC1CC(=O)N(C2CC(C)(C)NC(C)(C)C2)C1=O. The molecule has 0 bridgehead atoms. The average molecular weight is 405 g/mol. The zero-order chi connectivity index (χ0) is 21.5. The van der Waals surface area contributed by atoms with E-state index in [-0.39, 0.29) is 34.9 Å². The normalized spacial score (nSPS) is 24.7. The minimum atomic E-state index is -0.123. The molecule has 2 aliphatic rings. The molecule has 2 fully saturated rings. The van der Waals surface area contributed by atoms with E-state index in [2.05, 4.69) is 52.1 Å². The van der Waals surface area contributed by atoms with E-state index in [0.717, 1.165) is 32.1 Å². The Balaban J connectivity index is 1.75. The number of allylic oxidation sites excluding steroid dienone is 2. The van der Waals surface area contributed by atoms with E-state index in [0.29, 0.717) is 6.42 Å². The van der Waals surface area contributed by atoms with E-state index in [1.165, 1.54) is 38.5 Å². The molecule has 0 aliphatic carbocycles. The second-order valence-electron chi connectivity index (χ2n) is 10.6. The first-order valence-electron chi connectivity index (χ1n) is 12.0. The van der Waals surface area contributed by atoms with Crippen LogP contribution >= 0.6 is 0 Å². The third-order valence-corrected chi connectivity index (χ3v) is 6.38. The number of carbonyl (C=O) groups is 2. The van der Waals surface area contributed by atoms with Crippen molar-refractivity contribution >= 4 is 11.8 Å². The van der Waals surface area contributed by atoms with E-state index in [4.69, 9.17) is 0 Å². The fourth-order valence-electron chi connectivity index (χ4n) is 5.35. The van der Waals surface area contributed by atoms with Crippen LogP contribution in [0.15, 0.2) is 12.2 Å². The molecule has 0 saturated carbocycles. The molecule has 0 aromatic rings. The standard InChI is InChI=1S/C25H44N2O2/c1-6-7-8-9-10-11-12-13-14-15-16-20-17-22(28)27(23(20)29)21-18-24(2,3)26-25(4,5)19-21/h13-14,20-21,26H,6-12,15-19H2,1-5H3. The molecule has 4 heteroatoms. The third-order valence-electron chi connectivity index (χ3n) is 6.38. The van der Waals surface area contributed by atoms with E-state index in [9.17, 15) is 9.59 Å². The summed E-state index contributed by atoms with van der Waals surface area (Å²) < 4.78 is 0. The topological polar surface area (TPSA) is 49.4 Å². The first-order chi connectivity index (χ1) is 13.7. The minimum absolute atomic E-state index is 0.0227. The van der Waals surface area contributed by atoms with Crippen LogP contribution in [-0.2, 0) is 9.59 Å². The van der Waals surface area contributed by atoms with Crippen LogP contribution < -0.4 is 5.32 Å². The van der Waals surface area contributed by atoms with Crippen molar-refractivity contribution in [3.05, 3.63) is 12.2 Å². The summed E-state index contributed by atoms with van der Waals surface area (Å²) in [6, 6.07) is 0.0227. The van der Waals surface area contributed by atoms with Gasteiger partial charge < -0.3 is 5.32 Å². The number of hydrogen-bond acceptors (Lipinski definition) is 3. The molecule has 1 atom stereocenters. The lowest BCUT2D eigenvalue weighted by Gasteiger charge is -2.48. The van der Waals surface area contributed by atoms with Gasteiger partial charge in [0.05, 0.1) is 0 Å². The highest BCUT2D eigenvalue weighted by molar-refractivity contribution is 6.03. The van der Waals surface area contributed by atoms with Crippen LogP contribution in [0.25, 0.3) is 0 Å². The van der Waals surface area contributed by atoms with Crippen LogP contribution in [-0.4, -0.2) is 33.8 Å². The van der Waals surface area contributed by atoms with Gasteiger partial charge in [-0.2, -0.15) is 0 Å². The zero-order valence-corrected chi connectivity index (χ0v) is 19.6. The maximum absolute atomic E-state index is 13.0. The van der Waals surface area contributed by atoms with Crippen molar-refractivity contribution in [1.29, 1.82) is 0 Å². The zero-order valence-electron chi connectivity index (χ0n) is 19.6. The predicted molar refractivity (Wildman–Crippen MR) is 121 cm³/mol. The van der Waals surface area contributed by atoms with Gasteiger partial charge in [-0.05, 0) is 66.2 Å². The number of nitrogens with one attached hydrogen (secondary N) is 1. The van der Waals surface area contributed by atoms with Crippen LogP contribution in [0.3, 0.4) is 0 Å². The van der Waals surface area contributed by atoms with Crippen molar-refractivity contribution in [3.63, 3.8) is 0 Å². The molecule has 2 aliphatic heterocycles. The van der Waals surface area contributed by atoms with Gasteiger partial charge in [-0.15, -0.1) is 0 Å². The van der Waals surface area contributed by atoms with Gasteiger partial charge in [0.2, 0.25) is 11.8 Å². The molecule has 2 heterocycles. The molecule has 2 amide bonds. The summed E-state index contributed by atoms with van der Waals surface area (Å²) in [5.41, 5.74) is -0.130. The monoisotopic (exact) mass is 404 g/mol. The quantitative estimate of drug-likeness (QED) is 0.271. The van der Waals surface area contributed by atoms with Gasteiger partial charge >= 0.3 is 0 Å². The number of hydrogen-bond donors (Lipinski definition) is 1. The Morgan fingerprint density at radius 2 is 1.52 bits per heavy atom. The Morgan fingerprint density at radius 1 is 0.931 bits per heavy atom. The first-order valence-corrected chi connectivity index (χ1v) is 12.0. The van der Waals surface area contributed by atoms with Crippen molar-refractivity contribution in [2.24, 2.45) is 5.92 Å². The molecular weight excluding hydrogens is 360 g/mol. The first kappa shape index (κ1) is 24.1. The van der Waals surface area contributed by atoms with Gasteiger partial charge in [0.15, 0.2) is 0 Å². The number of nitrogens with zero attached hydrogens (tertiary/aromatic N) is 1. The lowest BCUT2D eigenvalue weighted by molar-refractivity contribution is -0.144. The van der Waals surface area contributed by atoms with Crippen LogP contribution in [0.5, 0.6) is 0 Å². The van der Waals surface area contributed by atoms with E-state index < -0.39 is 0 Å². The highest BCUT2D eigenvalue weighted by Crippen LogP contribution is 2.36. The number of amides is 2. The number of likely N-dealkylation sites (tertiary alicyclic amines) is 1. The van der Waals surface area contributed by atoms with E-state index >= 15 is 0 Å². The number of unbranched alkanes of at least 4 members (excludes halogenated alkanes) is 6. The number of carbonyl (C=O) groups excluding carboxylic acids is 2. The Labute approximate surface area is 178 Å². The highest BCUT2D eigenvalue weighted by atomic mass is 16.2. The van der Waals surface area contributed by atoms with Gasteiger partial charge in [0.25, 0.3) is 0 Å². The fourth-order valence-corrected chi connectivity index (χ4v) is 5.35. The largest absolute Gasteiger partial charge is 0.307 e. The van der Waals surface area contributed by atoms with E-state index in [1.54, 1.807) is 4.90 Å². The number of imide groups is 1. The smallest absolute Gasteiger partial charge is 0.233 e. The second kappa shape index (κ2) is 10.7. The highest BCUT2D eigenvalue weighted by Gasteiger charge is 2.47. The molecule has 0 aromatic heterocycles. The molecule has 4 nitrogen and oxygen atoms in total. The number of piperidine rings is 1. The Kier molecular flexibility index (Phi) is 8.93. The summed E-state index contributed by atoms with van der Waals surface area (Å²) >= 11 is 0. The predicted octanol–water partition coefficient (Wildman–Crippen LogP) is 5.76. The van der Waals surface area contributed by atoms with Gasteiger partial charge in [-0.3, -0.25) is 14.5 Å². The van der Waals surface area contributed by atoms with Crippen molar-refractivity contribution in [1.82, 2.24) is 10.2 Å².